The first kappa shape index (κ1) is 14.3. The Kier molecular flexibility index (Phi) is 3.59. The Hall–Kier alpha value is -1.66. The predicted octanol–water partition coefficient (Wildman–Crippen LogP) is 4.17. The second kappa shape index (κ2) is 5.27. The molecule has 0 saturated carbocycles. The molecule has 2 heterocycles. The zero-order chi connectivity index (χ0) is 15.1. The fourth-order valence-electron chi connectivity index (χ4n) is 2.35. The van der Waals surface area contributed by atoms with Crippen molar-refractivity contribution in [2.75, 3.05) is 5.73 Å². The van der Waals surface area contributed by atoms with E-state index in [0.717, 1.165) is 36.9 Å². The second-order valence-electron chi connectivity index (χ2n) is 4.89. The van der Waals surface area contributed by atoms with Crippen molar-refractivity contribution >= 4 is 33.1 Å². The Morgan fingerprint density at radius 3 is 2.43 bits per heavy atom. The molecule has 0 aliphatic rings. The van der Waals surface area contributed by atoms with Gasteiger partial charge in [-0.1, -0.05) is 28.1 Å². The van der Waals surface area contributed by atoms with Crippen LogP contribution in [-0.4, -0.2) is 14.8 Å². The quantitative estimate of drug-likeness (QED) is 0.743. The van der Waals surface area contributed by atoms with Crippen LogP contribution in [0.4, 0.5) is 5.82 Å². The molecule has 0 atom stereocenters. The van der Waals surface area contributed by atoms with Crippen LogP contribution in [0.25, 0.3) is 21.7 Å². The number of aryl methyl sites for hydroxylation is 3. The minimum atomic E-state index is 0.665. The molecule has 0 unspecified atom stereocenters. The second-order valence-corrected chi connectivity index (χ2v) is 7.01. The lowest BCUT2D eigenvalue weighted by atomic mass is 10.0. The van der Waals surface area contributed by atoms with E-state index in [4.69, 9.17) is 5.73 Å². The molecule has 21 heavy (non-hydrogen) atoms. The number of halogens is 1. The first-order chi connectivity index (χ1) is 9.97. The van der Waals surface area contributed by atoms with Crippen LogP contribution in [0.3, 0.4) is 0 Å². The summed E-state index contributed by atoms with van der Waals surface area (Å²) in [6.07, 6.45) is 0. The topological polar surface area (TPSA) is 56.7 Å². The van der Waals surface area contributed by atoms with Crippen molar-refractivity contribution < 1.29 is 0 Å². The van der Waals surface area contributed by atoms with E-state index in [1.807, 2.05) is 45.2 Å². The number of benzene rings is 1. The van der Waals surface area contributed by atoms with Gasteiger partial charge in [-0.15, -0.1) is 11.3 Å². The molecule has 0 amide bonds. The van der Waals surface area contributed by atoms with E-state index in [1.54, 1.807) is 16.0 Å². The number of nitrogens with two attached hydrogens (primary N) is 1. The first-order valence-electron chi connectivity index (χ1n) is 6.50. The SMILES string of the molecule is Cc1nc(C)c(-c2nn(C)c(N)c2-c2ccc(Br)cc2)s1. The maximum absolute atomic E-state index is 6.24. The number of hydrogen-bond donors (Lipinski definition) is 1. The van der Waals surface area contributed by atoms with Crippen LogP contribution in [0.1, 0.15) is 10.7 Å². The van der Waals surface area contributed by atoms with Gasteiger partial charge in [0, 0.05) is 11.5 Å². The predicted molar refractivity (Wildman–Crippen MR) is 91.3 cm³/mol. The highest BCUT2D eigenvalue weighted by atomic mass is 79.9. The summed E-state index contributed by atoms with van der Waals surface area (Å²) >= 11 is 5.11. The van der Waals surface area contributed by atoms with E-state index in [2.05, 4.69) is 26.0 Å². The summed E-state index contributed by atoms with van der Waals surface area (Å²) in [5, 5.41) is 5.64. The Labute approximate surface area is 135 Å². The lowest BCUT2D eigenvalue weighted by molar-refractivity contribution is 0.782. The van der Waals surface area contributed by atoms with Crippen LogP contribution in [0.15, 0.2) is 28.7 Å². The molecule has 2 aromatic heterocycles. The average Bonchev–Trinajstić information content (AvgIpc) is 2.92. The van der Waals surface area contributed by atoms with E-state index < -0.39 is 0 Å². The van der Waals surface area contributed by atoms with Gasteiger partial charge in [-0.2, -0.15) is 5.10 Å². The Bertz CT molecular complexity index is 802. The van der Waals surface area contributed by atoms with Gasteiger partial charge in [0.2, 0.25) is 0 Å². The molecule has 4 nitrogen and oxygen atoms in total. The Balaban J connectivity index is 2.25. The van der Waals surface area contributed by atoms with Gasteiger partial charge >= 0.3 is 0 Å². The average molecular weight is 363 g/mol. The Morgan fingerprint density at radius 1 is 1.19 bits per heavy atom. The third kappa shape index (κ3) is 2.49. The molecule has 2 N–H and O–H groups in total. The maximum atomic E-state index is 6.24. The molecular weight excluding hydrogens is 348 g/mol. The van der Waals surface area contributed by atoms with Crippen LogP contribution in [0.5, 0.6) is 0 Å². The molecule has 1 aromatic carbocycles. The molecule has 0 spiro atoms. The van der Waals surface area contributed by atoms with Crippen molar-refractivity contribution in [3.8, 4) is 21.7 Å². The summed E-state index contributed by atoms with van der Waals surface area (Å²) in [5.74, 6) is 0.665. The molecule has 6 heteroatoms. The van der Waals surface area contributed by atoms with E-state index in [9.17, 15) is 0 Å². The van der Waals surface area contributed by atoms with E-state index in [-0.39, 0.29) is 0 Å². The highest BCUT2D eigenvalue weighted by molar-refractivity contribution is 9.10. The number of rotatable bonds is 2. The molecule has 0 bridgehead atoms. The van der Waals surface area contributed by atoms with Crippen LogP contribution < -0.4 is 5.73 Å². The Morgan fingerprint density at radius 2 is 1.86 bits per heavy atom. The summed E-state index contributed by atoms with van der Waals surface area (Å²) in [7, 11) is 1.87. The molecule has 108 valence electrons. The van der Waals surface area contributed by atoms with Crippen LogP contribution >= 0.6 is 27.3 Å². The number of nitrogen functional groups attached to an aromatic ring is 1. The molecule has 0 aliphatic heterocycles. The van der Waals surface area contributed by atoms with Gasteiger partial charge in [-0.25, -0.2) is 4.98 Å². The summed E-state index contributed by atoms with van der Waals surface area (Å²) in [6.45, 7) is 4.02. The third-order valence-corrected chi connectivity index (χ3v) is 4.95. The maximum Gasteiger partial charge on any atom is 0.129 e. The number of aromatic nitrogens is 3. The minimum Gasteiger partial charge on any atom is -0.383 e. The van der Waals surface area contributed by atoms with E-state index in [0.29, 0.717) is 5.82 Å². The monoisotopic (exact) mass is 362 g/mol. The highest BCUT2D eigenvalue weighted by Crippen LogP contribution is 2.39. The molecule has 0 radical (unpaired) electrons. The lowest BCUT2D eigenvalue weighted by Crippen LogP contribution is -1.97. The van der Waals surface area contributed by atoms with Crippen molar-refractivity contribution in [2.45, 2.75) is 13.8 Å². The fourth-order valence-corrected chi connectivity index (χ4v) is 3.52. The molecule has 0 fully saturated rings. The zero-order valence-electron chi connectivity index (χ0n) is 12.0. The summed E-state index contributed by atoms with van der Waals surface area (Å²) in [6, 6.07) is 8.11. The standard InChI is InChI=1S/C15H15BrN4S/c1-8-14(21-9(2)18-8)13-12(15(17)20(3)19-13)10-4-6-11(16)7-5-10/h4-7H,17H2,1-3H3. The van der Waals surface area contributed by atoms with Gasteiger partial charge in [0.25, 0.3) is 0 Å². The zero-order valence-corrected chi connectivity index (χ0v) is 14.4. The van der Waals surface area contributed by atoms with Gasteiger partial charge in [0.05, 0.1) is 21.1 Å². The molecule has 0 aliphatic carbocycles. The largest absolute Gasteiger partial charge is 0.383 e. The lowest BCUT2D eigenvalue weighted by Gasteiger charge is -2.04. The normalized spacial score (nSPS) is 11.0. The summed E-state index contributed by atoms with van der Waals surface area (Å²) in [4.78, 5) is 5.58. The van der Waals surface area contributed by atoms with E-state index >= 15 is 0 Å². The van der Waals surface area contributed by atoms with Crippen molar-refractivity contribution in [3.63, 3.8) is 0 Å². The van der Waals surface area contributed by atoms with E-state index in [1.165, 1.54) is 0 Å². The molecule has 3 aromatic rings. The van der Waals surface area contributed by atoms with Gasteiger partial charge < -0.3 is 5.73 Å². The van der Waals surface area contributed by atoms with Crippen LogP contribution in [0.2, 0.25) is 0 Å². The number of anilines is 1. The van der Waals surface area contributed by atoms with Crippen LogP contribution in [-0.2, 0) is 7.05 Å². The van der Waals surface area contributed by atoms with Gasteiger partial charge in [-0.05, 0) is 31.5 Å². The van der Waals surface area contributed by atoms with Crippen molar-refractivity contribution in [3.05, 3.63) is 39.4 Å². The smallest absolute Gasteiger partial charge is 0.129 e. The summed E-state index contributed by atoms with van der Waals surface area (Å²) < 4.78 is 2.77. The number of hydrogen-bond acceptors (Lipinski definition) is 4. The number of thiazole rings is 1. The number of nitrogens with zero attached hydrogens (tertiary/aromatic N) is 3. The van der Waals surface area contributed by atoms with Gasteiger partial charge in [0.1, 0.15) is 11.5 Å². The van der Waals surface area contributed by atoms with Crippen molar-refractivity contribution in [1.29, 1.82) is 0 Å². The van der Waals surface area contributed by atoms with Gasteiger partial charge in [0.15, 0.2) is 0 Å². The van der Waals surface area contributed by atoms with Crippen molar-refractivity contribution in [1.82, 2.24) is 14.8 Å². The third-order valence-electron chi connectivity index (χ3n) is 3.34. The summed E-state index contributed by atoms with van der Waals surface area (Å²) in [5.41, 5.74) is 10.2. The van der Waals surface area contributed by atoms with Crippen molar-refractivity contribution in [2.24, 2.45) is 7.05 Å². The van der Waals surface area contributed by atoms with Gasteiger partial charge in [-0.3, -0.25) is 4.68 Å². The molecular formula is C15H15BrN4S. The van der Waals surface area contributed by atoms with Crippen LogP contribution in [0, 0.1) is 13.8 Å². The first-order valence-corrected chi connectivity index (χ1v) is 8.11. The fraction of sp³-hybridized carbons (Fsp3) is 0.200. The minimum absolute atomic E-state index is 0.665. The molecule has 3 rings (SSSR count). The molecule has 0 saturated heterocycles. The highest BCUT2D eigenvalue weighted by Gasteiger charge is 2.20.